The van der Waals surface area contributed by atoms with Crippen LogP contribution in [0.2, 0.25) is 0 Å². The Hall–Kier alpha value is -2.50. The van der Waals surface area contributed by atoms with Crippen molar-refractivity contribution in [2.45, 2.75) is 26.4 Å². The van der Waals surface area contributed by atoms with Gasteiger partial charge in [-0.1, -0.05) is 12.1 Å². The zero-order valence-corrected chi connectivity index (χ0v) is 12.4. The van der Waals surface area contributed by atoms with Crippen LogP contribution in [0, 0.1) is 0 Å². The predicted molar refractivity (Wildman–Crippen MR) is 82.1 cm³/mol. The molecular formula is C15H18N6. The van der Waals surface area contributed by atoms with Crippen LogP contribution < -0.4 is 4.90 Å². The van der Waals surface area contributed by atoms with Crippen LogP contribution in [0.3, 0.4) is 0 Å². The lowest BCUT2D eigenvalue weighted by molar-refractivity contribution is 0.564. The molecule has 108 valence electrons. The molecule has 2 heterocycles. The standard InChI is InChI=1S/C15H18N6/c1-11(2)21-10-17-19-15(21)9-20(3)14-8-16-12-6-4-5-7-13(12)18-14/h4-8,10-11H,9H2,1-3H3. The summed E-state index contributed by atoms with van der Waals surface area (Å²) < 4.78 is 2.06. The van der Waals surface area contributed by atoms with Crippen molar-refractivity contribution >= 4 is 16.9 Å². The maximum absolute atomic E-state index is 4.64. The molecule has 0 radical (unpaired) electrons. The van der Waals surface area contributed by atoms with E-state index in [9.17, 15) is 0 Å². The Labute approximate surface area is 123 Å². The van der Waals surface area contributed by atoms with Crippen molar-refractivity contribution in [2.75, 3.05) is 11.9 Å². The van der Waals surface area contributed by atoms with Gasteiger partial charge in [-0.2, -0.15) is 0 Å². The second-order valence-corrected chi connectivity index (χ2v) is 5.32. The normalized spacial score (nSPS) is 11.2. The van der Waals surface area contributed by atoms with E-state index < -0.39 is 0 Å². The fourth-order valence-corrected chi connectivity index (χ4v) is 2.24. The van der Waals surface area contributed by atoms with Crippen LogP contribution >= 0.6 is 0 Å². The van der Waals surface area contributed by atoms with E-state index in [4.69, 9.17) is 0 Å². The highest BCUT2D eigenvalue weighted by Crippen LogP contribution is 2.16. The largest absolute Gasteiger partial charge is 0.351 e. The first kappa shape index (κ1) is 13.5. The van der Waals surface area contributed by atoms with Gasteiger partial charge in [-0.25, -0.2) is 4.98 Å². The summed E-state index contributed by atoms with van der Waals surface area (Å²) in [5, 5.41) is 8.18. The molecule has 3 aromatic rings. The quantitative estimate of drug-likeness (QED) is 0.735. The molecule has 0 spiro atoms. The first-order valence-electron chi connectivity index (χ1n) is 6.96. The number of nitrogens with zero attached hydrogens (tertiary/aromatic N) is 6. The molecule has 0 atom stereocenters. The van der Waals surface area contributed by atoms with Gasteiger partial charge in [0.1, 0.15) is 12.1 Å². The molecule has 0 bridgehead atoms. The Kier molecular flexibility index (Phi) is 3.51. The molecule has 0 saturated carbocycles. The Balaban J connectivity index is 1.86. The van der Waals surface area contributed by atoms with Gasteiger partial charge in [0.05, 0.1) is 23.8 Å². The topological polar surface area (TPSA) is 59.7 Å². The molecule has 0 aliphatic carbocycles. The Morgan fingerprint density at radius 2 is 1.95 bits per heavy atom. The molecule has 0 fully saturated rings. The maximum Gasteiger partial charge on any atom is 0.152 e. The van der Waals surface area contributed by atoms with Crippen LogP contribution in [0.1, 0.15) is 25.7 Å². The molecule has 3 rings (SSSR count). The number of anilines is 1. The van der Waals surface area contributed by atoms with E-state index in [1.807, 2.05) is 36.2 Å². The number of aromatic nitrogens is 5. The summed E-state index contributed by atoms with van der Waals surface area (Å²) in [4.78, 5) is 11.1. The number of fused-ring (bicyclic) bond motifs is 1. The second-order valence-electron chi connectivity index (χ2n) is 5.32. The van der Waals surface area contributed by atoms with Crippen molar-refractivity contribution < 1.29 is 0 Å². The van der Waals surface area contributed by atoms with E-state index >= 15 is 0 Å². The fourth-order valence-electron chi connectivity index (χ4n) is 2.24. The first-order valence-corrected chi connectivity index (χ1v) is 6.96. The van der Waals surface area contributed by atoms with Crippen molar-refractivity contribution in [1.29, 1.82) is 0 Å². The lowest BCUT2D eigenvalue weighted by Gasteiger charge is -2.19. The van der Waals surface area contributed by atoms with E-state index in [0.29, 0.717) is 12.6 Å². The predicted octanol–water partition coefficient (Wildman–Crippen LogP) is 2.44. The highest BCUT2D eigenvalue weighted by Gasteiger charge is 2.12. The van der Waals surface area contributed by atoms with Gasteiger partial charge >= 0.3 is 0 Å². The molecule has 0 unspecified atom stereocenters. The number of hydrogen-bond donors (Lipinski definition) is 0. The van der Waals surface area contributed by atoms with Crippen molar-refractivity contribution in [2.24, 2.45) is 0 Å². The summed E-state index contributed by atoms with van der Waals surface area (Å²) >= 11 is 0. The summed E-state index contributed by atoms with van der Waals surface area (Å²) in [6, 6.07) is 8.20. The fraction of sp³-hybridized carbons (Fsp3) is 0.333. The average molecular weight is 282 g/mol. The number of hydrogen-bond acceptors (Lipinski definition) is 5. The highest BCUT2D eigenvalue weighted by atomic mass is 15.3. The molecule has 6 nitrogen and oxygen atoms in total. The van der Waals surface area contributed by atoms with Crippen LogP contribution in [0.5, 0.6) is 0 Å². The Bertz CT molecular complexity index is 749. The molecule has 21 heavy (non-hydrogen) atoms. The molecule has 0 saturated heterocycles. The van der Waals surface area contributed by atoms with Crippen molar-refractivity contribution in [3.63, 3.8) is 0 Å². The van der Waals surface area contributed by atoms with Crippen LogP contribution in [0.15, 0.2) is 36.8 Å². The lowest BCUT2D eigenvalue weighted by atomic mass is 10.3. The van der Waals surface area contributed by atoms with Crippen molar-refractivity contribution in [3.8, 4) is 0 Å². The van der Waals surface area contributed by atoms with Gasteiger partial charge in [0, 0.05) is 13.1 Å². The molecule has 1 aromatic carbocycles. The average Bonchev–Trinajstić information content (AvgIpc) is 2.95. The minimum Gasteiger partial charge on any atom is -0.351 e. The van der Waals surface area contributed by atoms with Gasteiger partial charge in [0.25, 0.3) is 0 Å². The van der Waals surface area contributed by atoms with E-state index in [-0.39, 0.29) is 0 Å². The molecule has 2 aromatic heterocycles. The highest BCUT2D eigenvalue weighted by molar-refractivity contribution is 5.75. The summed E-state index contributed by atoms with van der Waals surface area (Å²) in [6.45, 7) is 4.87. The summed E-state index contributed by atoms with van der Waals surface area (Å²) in [5.74, 6) is 1.74. The monoisotopic (exact) mass is 282 g/mol. The molecule has 6 heteroatoms. The third-order valence-electron chi connectivity index (χ3n) is 3.41. The third-order valence-corrected chi connectivity index (χ3v) is 3.41. The van der Waals surface area contributed by atoms with E-state index in [1.54, 1.807) is 12.5 Å². The molecule has 0 N–H and O–H groups in total. The number of rotatable bonds is 4. The van der Waals surface area contributed by atoms with Crippen LogP contribution in [0.25, 0.3) is 11.0 Å². The minimum atomic E-state index is 0.339. The van der Waals surface area contributed by atoms with Gasteiger partial charge in [-0.15, -0.1) is 10.2 Å². The molecule has 0 amide bonds. The summed E-state index contributed by atoms with van der Waals surface area (Å²) in [7, 11) is 1.98. The Morgan fingerprint density at radius 1 is 1.19 bits per heavy atom. The Morgan fingerprint density at radius 3 is 2.71 bits per heavy atom. The van der Waals surface area contributed by atoms with Crippen molar-refractivity contribution in [1.82, 2.24) is 24.7 Å². The molecule has 0 aliphatic rings. The van der Waals surface area contributed by atoms with Crippen molar-refractivity contribution in [3.05, 3.63) is 42.6 Å². The SMILES string of the molecule is CC(C)n1cnnc1CN(C)c1cnc2ccccc2n1. The van der Waals surface area contributed by atoms with Crippen LogP contribution in [-0.4, -0.2) is 31.8 Å². The second kappa shape index (κ2) is 5.47. The van der Waals surface area contributed by atoms with Crippen LogP contribution in [-0.2, 0) is 6.54 Å². The molecule has 0 aliphatic heterocycles. The maximum atomic E-state index is 4.64. The van der Waals surface area contributed by atoms with Gasteiger partial charge in [0.15, 0.2) is 5.82 Å². The number of benzene rings is 1. The minimum absolute atomic E-state index is 0.339. The van der Waals surface area contributed by atoms with Crippen LogP contribution in [0.4, 0.5) is 5.82 Å². The zero-order chi connectivity index (χ0) is 14.8. The first-order chi connectivity index (χ1) is 10.1. The third kappa shape index (κ3) is 2.69. The zero-order valence-electron chi connectivity index (χ0n) is 12.4. The smallest absolute Gasteiger partial charge is 0.152 e. The van der Waals surface area contributed by atoms with Gasteiger partial charge in [-0.3, -0.25) is 4.98 Å². The molecular weight excluding hydrogens is 264 g/mol. The van der Waals surface area contributed by atoms with E-state index in [1.165, 1.54) is 0 Å². The van der Waals surface area contributed by atoms with Gasteiger partial charge in [-0.05, 0) is 26.0 Å². The number of para-hydroxylation sites is 2. The van der Waals surface area contributed by atoms with E-state index in [0.717, 1.165) is 22.7 Å². The van der Waals surface area contributed by atoms with Gasteiger partial charge < -0.3 is 9.47 Å². The lowest BCUT2D eigenvalue weighted by Crippen LogP contribution is -2.21. The van der Waals surface area contributed by atoms with E-state index in [2.05, 4.69) is 38.6 Å². The summed E-state index contributed by atoms with van der Waals surface area (Å²) in [6.07, 6.45) is 3.55. The van der Waals surface area contributed by atoms with Gasteiger partial charge in [0.2, 0.25) is 0 Å². The summed E-state index contributed by atoms with van der Waals surface area (Å²) in [5.41, 5.74) is 1.80.